The van der Waals surface area contributed by atoms with Crippen molar-refractivity contribution in [3.63, 3.8) is 0 Å². The predicted octanol–water partition coefficient (Wildman–Crippen LogP) is 5.97. The number of rotatable bonds is 5. The van der Waals surface area contributed by atoms with E-state index in [4.69, 9.17) is 11.6 Å². The van der Waals surface area contributed by atoms with Gasteiger partial charge in [0.2, 0.25) is 0 Å². The van der Waals surface area contributed by atoms with Gasteiger partial charge in [-0.25, -0.2) is 0 Å². The van der Waals surface area contributed by atoms with Crippen molar-refractivity contribution in [1.82, 2.24) is 5.32 Å². The first-order chi connectivity index (χ1) is 9.61. The van der Waals surface area contributed by atoms with Gasteiger partial charge >= 0.3 is 0 Å². The van der Waals surface area contributed by atoms with Crippen molar-refractivity contribution in [2.45, 2.75) is 52.0 Å². The van der Waals surface area contributed by atoms with Gasteiger partial charge in [-0.05, 0) is 61.4 Å². The van der Waals surface area contributed by atoms with Gasteiger partial charge < -0.3 is 5.32 Å². The van der Waals surface area contributed by atoms with Crippen LogP contribution in [0.4, 0.5) is 0 Å². The van der Waals surface area contributed by atoms with Crippen LogP contribution in [-0.2, 0) is 0 Å². The standard InChI is InChI=1S/C17H25BrClN/c1-3-10-20-17(13-6-4-12(2)5-7-13)15-11-14(18)8-9-16(15)19/h8-9,11-13,17,20H,3-7,10H2,1-2H3. The van der Waals surface area contributed by atoms with Gasteiger partial charge in [0.05, 0.1) is 0 Å². The van der Waals surface area contributed by atoms with Crippen molar-refractivity contribution in [1.29, 1.82) is 0 Å². The summed E-state index contributed by atoms with van der Waals surface area (Å²) in [6.07, 6.45) is 6.48. The summed E-state index contributed by atoms with van der Waals surface area (Å²) in [7, 11) is 0. The fourth-order valence-electron chi connectivity index (χ4n) is 3.20. The number of hydrogen-bond acceptors (Lipinski definition) is 1. The highest BCUT2D eigenvalue weighted by Crippen LogP contribution is 2.39. The molecule has 1 aromatic rings. The maximum atomic E-state index is 6.46. The predicted molar refractivity (Wildman–Crippen MR) is 91.3 cm³/mol. The van der Waals surface area contributed by atoms with Crippen LogP contribution in [0.15, 0.2) is 22.7 Å². The van der Waals surface area contributed by atoms with Crippen molar-refractivity contribution < 1.29 is 0 Å². The van der Waals surface area contributed by atoms with Crippen molar-refractivity contribution >= 4 is 27.5 Å². The summed E-state index contributed by atoms with van der Waals surface area (Å²) in [6, 6.07) is 6.61. The van der Waals surface area contributed by atoms with Gasteiger partial charge in [0.25, 0.3) is 0 Å². The number of hydrogen-bond donors (Lipinski definition) is 1. The van der Waals surface area contributed by atoms with E-state index >= 15 is 0 Å². The summed E-state index contributed by atoms with van der Waals surface area (Å²) in [5.41, 5.74) is 1.26. The second kappa shape index (κ2) is 7.82. The maximum Gasteiger partial charge on any atom is 0.0454 e. The van der Waals surface area contributed by atoms with Gasteiger partial charge in [-0.1, -0.05) is 54.2 Å². The first kappa shape index (κ1) is 16.3. The highest BCUT2D eigenvalue weighted by atomic mass is 79.9. The molecule has 112 valence electrons. The highest BCUT2D eigenvalue weighted by Gasteiger charge is 2.28. The van der Waals surface area contributed by atoms with E-state index in [1.54, 1.807) is 0 Å². The lowest BCUT2D eigenvalue weighted by Crippen LogP contribution is -2.31. The quantitative estimate of drug-likeness (QED) is 0.683. The molecule has 1 N–H and O–H groups in total. The SMILES string of the molecule is CCCNC(c1cc(Br)ccc1Cl)C1CCC(C)CC1. The summed E-state index contributed by atoms with van der Waals surface area (Å²) in [4.78, 5) is 0. The third-order valence-electron chi connectivity index (χ3n) is 4.44. The van der Waals surface area contributed by atoms with Gasteiger partial charge in [-0.15, -0.1) is 0 Å². The first-order valence-corrected chi connectivity index (χ1v) is 8.97. The molecule has 0 amide bonds. The minimum Gasteiger partial charge on any atom is -0.310 e. The molecule has 1 nitrogen and oxygen atoms in total. The molecule has 0 radical (unpaired) electrons. The van der Waals surface area contributed by atoms with Crippen molar-refractivity contribution in [2.75, 3.05) is 6.54 Å². The van der Waals surface area contributed by atoms with Crippen LogP contribution < -0.4 is 5.32 Å². The van der Waals surface area contributed by atoms with Crippen LogP contribution in [0.1, 0.15) is 57.6 Å². The van der Waals surface area contributed by atoms with Crippen LogP contribution in [0.25, 0.3) is 0 Å². The van der Waals surface area contributed by atoms with E-state index in [-0.39, 0.29) is 0 Å². The largest absolute Gasteiger partial charge is 0.310 e. The van der Waals surface area contributed by atoms with E-state index in [1.807, 2.05) is 12.1 Å². The average Bonchev–Trinajstić information content (AvgIpc) is 2.44. The molecule has 20 heavy (non-hydrogen) atoms. The van der Waals surface area contributed by atoms with Crippen LogP contribution >= 0.6 is 27.5 Å². The molecule has 2 rings (SSSR count). The van der Waals surface area contributed by atoms with E-state index in [1.165, 1.54) is 31.2 Å². The molecule has 0 aromatic heterocycles. The molecular formula is C17H25BrClN. The number of benzene rings is 1. The lowest BCUT2D eigenvalue weighted by Gasteiger charge is -2.34. The van der Waals surface area contributed by atoms with Crippen LogP contribution in [0.2, 0.25) is 5.02 Å². The van der Waals surface area contributed by atoms with Crippen LogP contribution in [0, 0.1) is 11.8 Å². The Kier molecular flexibility index (Phi) is 6.38. The van der Waals surface area contributed by atoms with Gasteiger partial charge in [0, 0.05) is 15.5 Å². The average molecular weight is 359 g/mol. The molecule has 0 bridgehead atoms. The molecule has 1 fully saturated rings. The van der Waals surface area contributed by atoms with Crippen LogP contribution in [-0.4, -0.2) is 6.54 Å². The molecule has 1 saturated carbocycles. The van der Waals surface area contributed by atoms with E-state index in [2.05, 4.69) is 41.2 Å². The molecule has 0 aliphatic heterocycles. The third kappa shape index (κ3) is 4.22. The number of halogens is 2. The summed E-state index contributed by atoms with van der Waals surface area (Å²) < 4.78 is 1.12. The molecule has 0 heterocycles. The molecule has 1 unspecified atom stereocenters. The maximum absolute atomic E-state index is 6.46. The Labute approximate surface area is 136 Å². The molecule has 1 atom stereocenters. The fourth-order valence-corrected chi connectivity index (χ4v) is 3.82. The van der Waals surface area contributed by atoms with Crippen molar-refractivity contribution in [3.05, 3.63) is 33.3 Å². The zero-order valence-electron chi connectivity index (χ0n) is 12.5. The lowest BCUT2D eigenvalue weighted by molar-refractivity contribution is 0.231. The molecule has 1 aliphatic rings. The Balaban J connectivity index is 2.20. The monoisotopic (exact) mass is 357 g/mol. The molecule has 1 aromatic carbocycles. The highest BCUT2D eigenvalue weighted by molar-refractivity contribution is 9.10. The first-order valence-electron chi connectivity index (χ1n) is 7.80. The summed E-state index contributed by atoms with van der Waals surface area (Å²) in [6.45, 7) is 5.64. The van der Waals surface area contributed by atoms with Gasteiger partial charge in [0.1, 0.15) is 0 Å². The van der Waals surface area contributed by atoms with E-state index < -0.39 is 0 Å². The van der Waals surface area contributed by atoms with Gasteiger partial charge in [0.15, 0.2) is 0 Å². The lowest BCUT2D eigenvalue weighted by atomic mass is 9.77. The van der Waals surface area contributed by atoms with E-state index in [0.29, 0.717) is 12.0 Å². The minimum absolute atomic E-state index is 0.396. The van der Waals surface area contributed by atoms with E-state index in [9.17, 15) is 0 Å². The zero-order chi connectivity index (χ0) is 14.5. The zero-order valence-corrected chi connectivity index (χ0v) is 14.8. The number of nitrogens with one attached hydrogen (secondary N) is 1. The Morgan fingerprint density at radius 1 is 1.30 bits per heavy atom. The Hall–Kier alpha value is -0.0500. The summed E-state index contributed by atoms with van der Waals surface area (Å²) in [5.74, 6) is 1.60. The minimum atomic E-state index is 0.396. The normalized spacial score (nSPS) is 24.6. The van der Waals surface area contributed by atoms with E-state index in [0.717, 1.165) is 28.4 Å². The molecule has 1 aliphatic carbocycles. The second-order valence-corrected chi connectivity index (χ2v) is 7.44. The Morgan fingerprint density at radius 3 is 2.65 bits per heavy atom. The van der Waals surface area contributed by atoms with Crippen LogP contribution in [0.5, 0.6) is 0 Å². The smallest absolute Gasteiger partial charge is 0.0454 e. The van der Waals surface area contributed by atoms with Gasteiger partial charge in [-0.2, -0.15) is 0 Å². The topological polar surface area (TPSA) is 12.0 Å². The third-order valence-corrected chi connectivity index (χ3v) is 5.28. The molecular weight excluding hydrogens is 334 g/mol. The van der Waals surface area contributed by atoms with Crippen LogP contribution in [0.3, 0.4) is 0 Å². The molecule has 0 spiro atoms. The Morgan fingerprint density at radius 2 is 2.00 bits per heavy atom. The summed E-state index contributed by atoms with van der Waals surface area (Å²) >= 11 is 10.0. The van der Waals surface area contributed by atoms with Gasteiger partial charge in [-0.3, -0.25) is 0 Å². The Bertz CT molecular complexity index is 427. The summed E-state index contributed by atoms with van der Waals surface area (Å²) in [5, 5.41) is 4.62. The molecule has 0 saturated heterocycles. The fraction of sp³-hybridized carbons (Fsp3) is 0.647. The molecule has 3 heteroatoms. The van der Waals surface area contributed by atoms with Crippen molar-refractivity contribution in [3.8, 4) is 0 Å². The second-order valence-electron chi connectivity index (χ2n) is 6.12. The van der Waals surface area contributed by atoms with Crippen molar-refractivity contribution in [2.24, 2.45) is 11.8 Å².